The monoisotopic (exact) mass is 349 g/mol. The third-order valence-electron chi connectivity index (χ3n) is 3.22. The van der Waals surface area contributed by atoms with Crippen molar-refractivity contribution in [3.05, 3.63) is 46.7 Å². The smallest absolute Gasteiger partial charge is 0.134 e. The zero-order valence-electron chi connectivity index (χ0n) is 13.1. The largest absolute Gasteiger partial charge is 0.497 e. The molecule has 1 aromatic heterocycles. The molecule has 23 heavy (non-hydrogen) atoms. The summed E-state index contributed by atoms with van der Waals surface area (Å²) >= 11 is 12.4. The maximum Gasteiger partial charge on any atom is 0.134 e. The molecule has 0 saturated heterocycles. The van der Waals surface area contributed by atoms with Gasteiger partial charge in [0.05, 0.1) is 22.7 Å². The van der Waals surface area contributed by atoms with Gasteiger partial charge in [-0.05, 0) is 18.2 Å². The van der Waals surface area contributed by atoms with Gasteiger partial charge in [0.1, 0.15) is 17.9 Å². The lowest BCUT2D eigenvalue weighted by Gasteiger charge is -2.12. The highest BCUT2D eigenvalue weighted by molar-refractivity contribution is 6.44. The Kier molecular flexibility index (Phi) is 5.64. The average Bonchev–Trinajstić information content (AvgIpc) is 2.59. The molecule has 1 heterocycles. The van der Waals surface area contributed by atoms with E-state index in [1.165, 1.54) is 6.33 Å². The molecule has 0 saturated carbocycles. The first-order valence-electron chi connectivity index (χ1n) is 7.14. The number of benzene rings is 2. The van der Waals surface area contributed by atoms with E-state index in [4.69, 9.17) is 33.7 Å². The van der Waals surface area contributed by atoms with Crippen LogP contribution in [-0.4, -0.2) is 17.1 Å². The van der Waals surface area contributed by atoms with Gasteiger partial charge in [-0.2, -0.15) is 0 Å². The first-order valence-corrected chi connectivity index (χ1v) is 7.90. The Bertz CT molecular complexity index is 837. The number of methoxy groups -OCH3 is 1. The summed E-state index contributed by atoms with van der Waals surface area (Å²) in [4.78, 5) is 8.33. The molecule has 0 aliphatic rings. The second-order valence-corrected chi connectivity index (χ2v) is 5.22. The molecule has 6 heteroatoms. The highest BCUT2D eigenvalue weighted by atomic mass is 35.5. The first-order chi connectivity index (χ1) is 11.1. The molecule has 3 rings (SSSR count). The summed E-state index contributed by atoms with van der Waals surface area (Å²) in [6, 6.07) is 9.10. The lowest BCUT2D eigenvalue weighted by molar-refractivity contribution is 0.415. The standard InChI is InChI=1S/C15H11Cl2N3O.C2H6/c1-21-8-5-10(9-3-2-4-12(16)13(9)17)14-11(6-8)15(18)20-7-19-14;1-2/h2-7H,1H3,(H2,18,19,20);1-2H3. The fraction of sp³-hybridized carbons (Fsp3) is 0.176. The van der Waals surface area contributed by atoms with Gasteiger partial charge < -0.3 is 10.5 Å². The lowest BCUT2D eigenvalue weighted by atomic mass is 10.0. The van der Waals surface area contributed by atoms with Crippen molar-refractivity contribution in [2.75, 3.05) is 12.8 Å². The van der Waals surface area contributed by atoms with Crippen LogP contribution in [0.25, 0.3) is 22.0 Å². The number of ether oxygens (including phenoxy) is 1. The predicted molar refractivity (Wildman–Crippen MR) is 97.3 cm³/mol. The number of nitrogens with two attached hydrogens (primary N) is 1. The van der Waals surface area contributed by atoms with Crippen molar-refractivity contribution >= 4 is 39.9 Å². The van der Waals surface area contributed by atoms with E-state index in [0.29, 0.717) is 32.5 Å². The van der Waals surface area contributed by atoms with E-state index in [9.17, 15) is 0 Å². The van der Waals surface area contributed by atoms with E-state index in [1.54, 1.807) is 19.2 Å². The van der Waals surface area contributed by atoms with E-state index in [0.717, 1.165) is 11.1 Å². The van der Waals surface area contributed by atoms with Crippen LogP contribution in [0.4, 0.5) is 5.82 Å². The lowest BCUT2D eigenvalue weighted by Crippen LogP contribution is -1.96. The van der Waals surface area contributed by atoms with Gasteiger partial charge >= 0.3 is 0 Å². The molecule has 0 aliphatic carbocycles. The number of anilines is 1. The van der Waals surface area contributed by atoms with Gasteiger partial charge in [0, 0.05) is 16.5 Å². The summed E-state index contributed by atoms with van der Waals surface area (Å²) in [7, 11) is 1.59. The quantitative estimate of drug-likeness (QED) is 0.688. The van der Waals surface area contributed by atoms with Crippen LogP contribution in [0.5, 0.6) is 5.75 Å². The van der Waals surface area contributed by atoms with Crippen LogP contribution in [0.1, 0.15) is 13.8 Å². The Morgan fingerprint density at radius 1 is 1.04 bits per heavy atom. The minimum Gasteiger partial charge on any atom is -0.497 e. The zero-order chi connectivity index (χ0) is 17.0. The first kappa shape index (κ1) is 17.3. The Hall–Kier alpha value is -2.04. The number of hydrogen-bond acceptors (Lipinski definition) is 4. The van der Waals surface area contributed by atoms with Crippen molar-refractivity contribution in [1.82, 2.24) is 9.97 Å². The normalized spacial score (nSPS) is 10.1. The molecule has 3 aromatic rings. The fourth-order valence-electron chi connectivity index (χ4n) is 2.20. The molecular formula is C17H17Cl2N3O. The average molecular weight is 350 g/mol. The van der Waals surface area contributed by atoms with Crippen molar-refractivity contribution in [2.24, 2.45) is 0 Å². The van der Waals surface area contributed by atoms with Crippen LogP contribution in [0.2, 0.25) is 10.0 Å². The number of fused-ring (bicyclic) bond motifs is 1. The van der Waals surface area contributed by atoms with Crippen LogP contribution in [0.3, 0.4) is 0 Å². The van der Waals surface area contributed by atoms with Crippen LogP contribution in [-0.2, 0) is 0 Å². The van der Waals surface area contributed by atoms with Gasteiger partial charge in [0.25, 0.3) is 0 Å². The third kappa shape index (κ3) is 3.33. The van der Waals surface area contributed by atoms with Crippen LogP contribution >= 0.6 is 23.2 Å². The Morgan fingerprint density at radius 2 is 1.78 bits per heavy atom. The molecule has 2 N–H and O–H groups in total. The molecule has 0 amide bonds. The molecule has 0 unspecified atom stereocenters. The third-order valence-corrected chi connectivity index (χ3v) is 4.04. The molecule has 0 aliphatic heterocycles. The molecule has 0 bridgehead atoms. The molecule has 0 radical (unpaired) electrons. The summed E-state index contributed by atoms with van der Waals surface area (Å²) in [5.74, 6) is 1.04. The Balaban J connectivity index is 0.000000924. The summed E-state index contributed by atoms with van der Waals surface area (Å²) in [6.07, 6.45) is 1.42. The van der Waals surface area contributed by atoms with E-state index >= 15 is 0 Å². The molecule has 4 nitrogen and oxygen atoms in total. The zero-order valence-corrected chi connectivity index (χ0v) is 14.6. The van der Waals surface area contributed by atoms with Crippen molar-refractivity contribution in [1.29, 1.82) is 0 Å². The van der Waals surface area contributed by atoms with E-state index in [-0.39, 0.29) is 0 Å². The predicted octanol–water partition coefficient (Wildman–Crippen LogP) is 5.22. The van der Waals surface area contributed by atoms with Gasteiger partial charge in [-0.1, -0.05) is 49.2 Å². The van der Waals surface area contributed by atoms with E-state index in [1.807, 2.05) is 32.0 Å². The van der Waals surface area contributed by atoms with Crippen molar-refractivity contribution in [3.63, 3.8) is 0 Å². The minimum absolute atomic E-state index is 0.387. The molecule has 0 atom stereocenters. The van der Waals surface area contributed by atoms with Crippen molar-refractivity contribution in [3.8, 4) is 16.9 Å². The Labute approximate surface area is 145 Å². The summed E-state index contributed by atoms with van der Waals surface area (Å²) in [6.45, 7) is 4.00. The molecule has 2 aromatic carbocycles. The van der Waals surface area contributed by atoms with Crippen LogP contribution < -0.4 is 10.5 Å². The van der Waals surface area contributed by atoms with Gasteiger partial charge in [-0.3, -0.25) is 0 Å². The second kappa shape index (κ2) is 7.49. The van der Waals surface area contributed by atoms with Gasteiger partial charge in [-0.25, -0.2) is 9.97 Å². The van der Waals surface area contributed by atoms with Gasteiger partial charge in [-0.15, -0.1) is 0 Å². The molecule has 0 fully saturated rings. The fourth-order valence-corrected chi connectivity index (χ4v) is 2.60. The number of nitrogens with zero attached hydrogens (tertiary/aromatic N) is 2. The highest BCUT2D eigenvalue weighted by Gasteiger charge is 2.14. The minimum atomic E-state index is 0.387. The number of hydrogen-bond donors (Lipinski definition) is 1. The molecule has 0 spiro atoms. The molecular weight excluding hydrogens is 333 g/mol. The van der Waals surface area contributed by atoms with E-state index in [2.05, 4.69) is 9.97 Å². The summed E-state index contributed by atoms with van der Waals surface area (Å²) < 4.78 is 5.32. The van der Waals surface area contributed by atoms with Gasteiger partial charge in [0.2, 0.25) is 0 Å². The number of nitrogen functional groups attached to an aromatic ring is 1. The van der Waals surface area contributed by atoms with Crippen LogP contribution in [0.15, 0.2) is 36.7 Å². The van der Waals surface area contributed by atoms with Crippen molar-refractivity contribution < 1.29 is 4.74 Å². The van der Waals surface area contributed by atoms with Crippen molar-refractivity contribution in [2.45, 2.75) is 13.8 Å². The maximum absolute atomic E-state index is 6.32. The number of halogens is 2. The molecule has 120 valence electrons. The SMILES string of the molecule is CC.COc1cc(-c2cccc(Cl)c2Cl)c2ncnc(N)c2c1. The van der Waals surface area contributed by atoms with E-state index < -0.39 is 0 Å². The number of rotatable bonds is 2. The second-order valence-electron chi connectivity index (χ2n) is 4.43. The topological polar surface area (TPSA) is 61.0 Å². The van der Waals surface area contributed by atoms with Gasteiger partial charge in [0.15, 0.2) is 0 Å². The van der Waals surface area contributed by atoms with Crippen LogP contribution in [0, 0.1) is 0 Å². The maximum atomic E-state index is 6.32. The summed E-state index contributed by atoms with van der Waals surface area (Å²) in [5.41, 5.74) is 8.20. The number of aromatic nitrogens is 2. The Morgan fingerprint density at radius 3 is 2.48 bits per heavy atom. The highest BCUT2D eigenvalue weighted by Crippen LogP contribution is 2.39. The summed E-state index contributed by atoms with van der Waals surface area (Å²) in [5, 5.41) is 1.65.